The maximum atomic E-state index is 8.76. The maximum absolute atomic E-state index is 8.76. The highest BCUT2D eigenvalue weighted by atomic mass is 16.3. The third-order valence-electron chi connectivity index (χ3n) is 3.02. The Labute approximate surface area is 113 Å². The van der Waals surface area contributed by atoms with Crippen molar-refractivity contribution in [3.63, 3.8) is 0 Å². The van der Waals surface area contributed by atoms with Gasteiger partial charge in [0.1, 0.15) is 0 Å². The number of benzene rings is 1. The molecule has 19 heavy (non-hydrogen) atoms. The van der Waals surface area contributed by atoms with E-state index < -0.39 is 0 Å². The third kappa shape index (κ3) is 4.15. The van der Waals surface area contributed by atoms with Crippen molar-refractivity contribution < 1.29 is 5.11 Å². The molecule has 2 rings (SSSR count). The molecular weight excluding hydrogens is 240 g/mol. The number of hydrogen-bond acceptors (Lipinski definition) is 4. The molecule has 0 bridgehead atoms. The minimum atomic E-state index is 0.179. The highest BCUT2D eigenvalue weighted by molar-refractivity contribution is 5.18. The van der Waals surface area contributed by atoms with Gasteiger partial charge in [-0.15, -0.1) is 5.10 Å². The number of rotatable bonds is 7. The van der Waals surface area contributed by atoms with Gasteiger partial charge in [-0.2, -0.15) is 0 Å². The lowest BCUT2D eigenvalue weighted by atomic mass is 10.1. The third-order valence-corrected chi connectivity index (χ3v) is 3.02. The molecule has 2 N–H and O–H groups in total. The van der Waals surface area contributed by atoms with Crippen LogP contribution in [0.15, 0.2) is 36.5 Å². The monoisotopic (exact) mass is 260 g/mol. The smallest absolute Gasteiger partial charge is 0.0965 e. The molecule has 102 valence electrons. The maximum Gasteiger partial charge on any atom is 0.0965 e. The number of aliphatic hydroxyl groups excluding tert-OH is 1. The van der Waals surface area contributed by atoms with E-state index in [0.717, 1.165) is 5.69 Å². The molecule has 1 atom stereocenters. The molecule has 0 aliphatic rings. The highest BCUT2D eigenvalue weighted by Crippen LogP contribution is 2.11. The summed E-state index contributed by atoms with van der Waals surface area (Å²) in [6.45, 7) is 3.71. The molecule has 0 amide bonds. The van der Waals surface area contributed by atoms with Crippen LogP contribution in [0.5, 0.6) is 0 Å². The van der Waals surface area contributed by atoms with Crippen LogP contribution in [0.25, 0.3) is 0 Å². The van der Waals surface area contributed by atoms with Crippen molar-refractivity contribution in [2.24, 2.45) is 0 Å². The topological polar surface area (TPSA) is 63.0 Å². The van der Waals surface area contributed by atoms with Gasteiger partial charge in [-0.05, 0) is 18.9 Å². The van der Waals surface area contributed by atoms with Gasteiger partial charge in [-0.1, -0.05) is 35.5 Å². The Kier molecular flexibility index (Phi) is 5.06. The summed E-state index contributed by atoms with van der Waals surface area (Å²) in [6, 6.07) is 10.6. The fraction of sp³-hybridized carbons (Fsp3) is 0.429. The fourth-order valence-corrected chi connectivity index (χ4v) is 1.88. The summed E-state index contributed by atoms with van der Waals surface area (Å²) in [5, 5.41) is 20.3. The zero-order valence-corrected chi connectivity index (χ0v) is 11.2. The molecule has 0 spiro atoms. The normalized spacial score (nSPS) is 12.5. The molecule has 5 heteroatoms. The molecule has 0 saturated heterocycles. The van der Waals surface area contributed by atoms with Gasteiger partial charge in [0.2, 0.25) is 0 Å². The first-order valence-electron chi connectivity index (χ1n) is 6.58. The second-order valence-corrected chi connectivity index (χ2v) is 4.56. The van der Waals surface area contributed by atoms with Crippen LogP contribution in [0.3, 0.4) is 0 Å². The average Bonchev–Trinajstić information content (AvgIpc) is 2.91. The summed E-state index contributed by atoms with van der Waals surface area (Å²) in [4.78, 5) is 0. The molecule has 1 heterocycles. The van der Waals surface area contributed by atoms with Gasteiger partial charge in [-0.25, -0.2) is 0 Å². The van der Waals surface area contributed by atoms with Crippen LogP contribution in [-0.4, -0.2) is 26.7 Å². The molecule has 0 saturated carbocycles. The predicted molar refractivity (Wildman–Crippen MR) is 73.4 cm³/mol. The second-order valence-electron chi connectivity index (χ2n) is 4.56. The Morgan fingerprint density at radius 1 is 1.32 bits per heavy atom. The number of aromatic nitrogens is 3. The van der Waals surface area contributed by atoms with E-state index in [1.165, 1.54) is 5.56 Å². The molecule has 2 aromatic rings. The molecule has 0 unspecified atom stereocenters. The van der Waals surface area contributed by atoms with Crippen molar-refractivity contribution in [1.29, 1.82) is 0 Å². The molecule has 1 aromatic carbocycles. The van der Waals surface area contributed by atoms with E-state index in [4.69, 9.17) is 5.11 Å². The van der Waals surface area contributed by atoms with Crippen LogP contribution in [0, 0.1) is 0 Å². The lowest BCUT2D eigenvalue weighted by Crippen LogP contribution is -2.18. The van der Waals surface area contributed by atoms with Crippen LogP contribution in [0.2, 0.25) is 0 Å². The average molecular weight is 260 g/mol. The summed E-state index contributed by atoms with van der Waals surface area (Å²) in [5.74, 6) is 0. The van der Waals surface area contributed by atoms with E-state index in [9.17, 15) is 0 Å². The summed E-state index contributed by atoms with van der Waals surface area (Å²) in [7, 11) is 0. The van der Waals surface area contributed by atoms with Gasteiger partial charge in [0.25, 0.3) is 0 Å². The summed E-state index contributed by atoms with van der Waals surface area (Å²) in [6.07, 6.45) is 2.62. The first kappa shape index (κ1) is 13.7. The Morgan fingerprint density at radius 2 is 2.11 bits per heavy atom. The molecule has 0 fully saturated rings. The number of aryl methyl sites for hydroxylation is 1. The van der Waals surface area contributed by atoms with E-state index in [-0.39, 0.29) is 12.6 Å². The lowest BCUT2D eigenvalue weighted by Gasteiger charge is -2.12. The van der Waals surface area contributed by atoms with Crippen molar-refractivity contribution in [2.45, 2.75) is 32.5 Å². The summed E-state index contributed by atoms with van der Waals surface area (Å²) >= 11 is 0. The SMILES string of the molecule is C[C@H](NCc1cn(CCCO)nn1)c1ccccc1. The Hall–Kier alpha value is -1.72. The first-order valence-corrected chi connectivity index (χ1v) is 6.58. The second kappa shape index (κ2) is 7.01. The minimum Gasteiger partial charge on any atom is -0.396 e. The number of nitrogens with one attached hydrogen (secondary N) is 1. The van der Waals surface area contributed by atoms with Gasteiger partial charge in [0, 0.05) is 31.9 Å². The van der Waals surface area contributed by atoms with Crippen molar-refractivity contribution in [3.05, 3.63) is 47.8 Å². The largest absolute Gasteiger partial charge is 0.396 e. The van der Waals surface area contributed by atoms with Gasteiger partial charge in [0.05, 0.1) is 5.69 Å². The molecule has 1 aromatic heterocycles. The van der Waals surface area contributed by atoms with Crippen molar-refractivity contribution >= 4 is 0 Å². The lowest BCUT2D eigenvalue weighted by molar-refractivity contribution is 0.276. The van der Waals surface area contributed by atoms with E-state index >= 15 is 0 Å². The molecular formula is C14H20N4O. The molecule has 5 nitrogen and oxygen atoms in total. The van der Waals surface area contributed by atoms with Gasteiger partial charge < -0.3 is 10.4 Å². The zero-order chi connectivity index (χ0) is 13.5. The minimum absolute atomic E-state index is 0.179. The van der Waals surface area contributed by atoms with E-state index in [1.807, 2.05) is 24.4 Å². The zero-order valence-electron chi connectivity index (χ0n) is 11.2. The Morgan fingerprint density at radius 3 is 2.84 bits per heavy atom. The van der Waals surface area contributed by atoms with Crippen molar-refractivity contribution in [3.8, 4) is 0 Å². The van der Waals surface area contributed by atoms with E-state index in [2.05, 4.69) is 34.7 Å². The van der Waals surface area contributed by atoms with Crippen LogP contribution in [-0.2, 0) is 13.1 Å². The van der Waals surface area contributed by atoms with Gasteiger partial charge in [-0.3, -0.25) is 4.68 Å². The van der Waals surface area contributed by atoms with Crippen LogP contribution in [0.4, 0.5) is 0 Å². The summed E-state index contributed by atoms with van der Waals surface area (Å²) < 4.78 is 1.76. The molecule has 0 aliphatic carbocycles. The Bertz CT molecular complexity index is 483. The molecule has 0 radical (unpaired) electrons. The van der Waals surface area contributed by atoms with Crippen molar-refractivity contribution in [2.75, 3.05) is 6.61 Å². The first-order chi connectivity index (χ1) is 9.29. The Balaban J connectivity index is 1.83. The number of aliphatic hydroxyl groups is 1. The van der Waals surface area contributed by atoms with E-state index in [1.54, 1.807) is 4.68 Å². The molecule has 0 aliphatic heterocycles. The standard InChI is InChI=1S/C14H20N4O/c1-12(13-6-3-2-4-7-13)15-10-14-11-18(17-16-14)8-5-9-19/h2-4,6-7,11-12,15,19H,5,8-10H2,1H3/t12-/m0/s1. The quantitative estimate of drug-likeness (QED) is 0.792. The van der Waals surface area contributed by atoms with E-state index in [0.29, 0.717) is 19.5 Å². The number of hydrogen-bond donors (Lipinski definition) is 2. The highest BCUT2D eigenvalue weighted by Gasteiger charge is 2.06. The van der Waals surface area contributed by atoms with Gasteiger partial charge in [0.15, 0.2) is 0 Å². The van der Waals surface area contributed by atoms with Crippen LogP contribution < -0.4 is 5.32 Å². The predicted octanol–water partition coefficient (Wildman–Crippen LogP) is 1.51. The summed E-state index contributed by atoms with van der Waals surface area (Å²) in [5.41, 5.74) is 2.18. The number of nitrogens with zero attached hydrogens (tertiary/aromatic N) is 3. The van der Waals surface area contributed by atoms with Crippen molar-refractivity contribution in [1.82, 2.24) is 20.3 Å². The fourth-order valence-electron chi connectivity index (χ4n) is 1.88. The van der Waals surface area contributed by atoms with Gasteiger partial charge >= 0.3 is 0 Å². The van der Waals surface area contributed by atoms with Crippen LogP contribution in [0.1, 0.15) is 30.6 Å². The van der Waals surface area contributed by atoms with Crippen LogP contribution >= 0.6 is 0 Å².